The highest BCUT2D eigenvalue weighted by Crippen LogP contribution is 2.16. The van der Waals surface area contributed by atoms with Crippen LogP contribution in [0.4, 0.5) is 0 Å². The zero-order valence-corrected chi connectivity index (χ0v) is 14.1. The Labute approximate surface area is 142 Å². The molecule has 0 aliphatic rings. The van der Waals surface area contributed by atoms with Crippen LogP contribution in [0.1, 0.15) is 41.8 Å². The molecule has 126 valence electrons. The average molecular weight is 325 g/mol. The quantitative estimate of drug-likeness (QED) is 0.794. The molecule has 1 N–H and O–H groups in total. The maximum atomic E-state index is 12.4. The largest absolute Gasteiger partial charge is 0.449 e. The van der Waals surface area contributed by atoms with Gasteiger partial charge < -0.3 is 10.1 Å². The van der Waals surface area contributed by atoms with Crippen LogP contribution in [0.5, 0.6) is 0 Å². The van der Waals surface area contributed by atoms with Crippen LogP contribution in [0.25, 0.3) is 0 Å². The maximum absolute atomic E-state index is 12.4. The van der Waals surface area contributed by atoms with E-state index in [-0.39, 0.29) is 5.91 Å². The van der Waals surface area contributed by atoms with Crippen molar-refractivity contribution in [3.8, 4) is 0 Å². The molecule has 0 bridgehead atoms. The number of ether oxygens (including phenoxy) is 1. The standard InChI is InChI=1S/C20H23NO3/c1-3-13-21-19(22)15(2)24-20(23)18-12-8-7-11-17(18)14-16-9-5-4-6-10-16/h4-12,15H,3,13-14H2,1-2H3,(H,21,22). The van der Waals surface area contributed by atoms with Gasteiger partial charge in [0.25, 0.3) is 5.91 Å². The lowest BCUT2D eigenvalue weighted by molar-refractivity contribution is -0.129. The molecule has 4 nitrogen and oxygen atoms in total. The molecule has 1 atom stereocenters. The van der Waals surface area contributed by atoms with Gasteiger partial charge in [0, 0.05) is 6.54 Å². The van der Waals surface area contributed by atoms with E-state index in [0.717, 1.165) is 17.5 Å². The monoisotopic (exact) mass is 325 g/mol. The number of esters is 1. The molecule has 0 aliphatic heterocycles. The molecule has 0 fully saturated rings. The predicted molar refractivity (Wildman–Crippen MR) is 93.9 cm³/mol. The Morgan fingerprint density at radius 2 is 1.71 bits per heavy atom. The number of carbonyl (C=O) groups excluding carboxylic acids is 2. The summed E-state index contributed by atoms with van der Waals surface area (Å²) in [5.41, 5.74) is 2.50. The summed E-state index contributed by atoms with van der Waals surface area (Å²) >= 11 is 0. The van der Waals surface area contributed by atoms with Gasteiger partial charge in [0.1, 0.15) is 0 Å². The van der Waals surface area contributed by atoms with E-state index in [0.29, 0.717) is 18.5 Å². The Morgan fingerprint density at radius 3 is 2.42 bits per heavy atom. The smallest absolute Gasteiger partial charge is 0.339 e. The van der Waals surface area contributed by atoms with Crippen molar-refractivity contribution >= 4 is 11.9 Å². The van der Waals surface area contributed by atoms with Crippen LogP contribution in [0.3, 0.4) is 0 Å². The van der Waals surface area contributed by atoms with E-state index < -0.39 is 12.1 Å². The van der Waals surface area contributed by atoms with Crippen molar-refractivity contribution in [3.05, 3.63) is 71.3 Å². The van der Waals surface area contributed by atoms with E-state index in [4.69, 9.17) is 4.74 Å². The molecule has 0 heterocycles. The van der Waals surface area contributed by atoms with Gasteiger partial charge in [0.15, 0.2) is 6.10 Å². The van der Waals surface area contributed by atoms with Gasteiger partial charge in [-0.3, -0.25) is 4.79 Å². The summed E-state index contributed by atoms with van der Waals surface area (Å²) in [6.07, 6.45) is 0.670. The lowest BCUT2D eigenvalue weighted by Gasteiger charge is -2.15. The number of amides is 1. The van der Waals surface area contributed by atoms with Crippen LogP contribution in [0.2, 0.25) is 0 Å². The van der Waals surface area contributed by atoms with Gasteiger partial charge in [0.05, 0.1) is 5.56 Å². The second kappa shape index (κ2) is 8.87. The van der Waals surface area contributed by atoms with Gasteiger partial charge in [-0.15, -0.1) is 0 Å². The minimum absolute atomic E-state index is 0.272. The van der Waals surface area contributed by atoms with Gasteiger partial charge in [-0.2, -0.15) is 0 Å². The number of carbonyl (C=O) groups is 2. The molecule has 0 saturated carbocycles. The van der Waals surface area contributed by atoms with Gasteiger partial charge in [-0.25, -0.2) is 4.79 Å². The average Bonchev–Trinajstić information content (AvgIpc) is 2.60. The molecule has 2 aromatic rings. The second-order valence-corrected chi connectivity index (χ2v) is 5.66. The van der Waals surface area contributed by atoms with Crippen LogP contribution < -0.4 is 5.32 Å². The van der Waals surface area contributed by atoms with Crippen molar-refractivity contribution in [2.24, 2.45) is 0 Å². The van der Waals surface area contributed by atoms with Crippen molar-refractivity contribution in [3.63, 3.8) is 0 Å². The summed E-state index contributed by atoms with van der Waals surface area (Å²) in [6.45, 7) is 4.13. The first kappa shape index (κ1) is 17.7. The highest BCUT2D eigenvalue weighted by Gasteiger charge is 2.20. The molecule has 0 spiro atoms. The fourth-order valence-corrected chi connectivity index (χ4v) is 2.36. The normalized spacial score (nSPS) is 11.6. The first-order valence-electron chi connectivity index (χ1n) is 8.22. The van der Waals surface area contributed by atoms with E-state index in [1.165, 1.54) is 0 Å². The highest BCUT2D eigenvalue weighted by molar-refractivity contribution is 5.93. The van der Waals surface area contributed by atoms with Crippen LogP contribution in [-0.2, 0) is 16.0 Å². The Bertz CT molecular complexity index is 682. The molecular weight excluding hydrogens is 302 g/mol. The topological polar surface area (TPSA) is 55.4 Å². The Kier molecular flexibility index (Phi) is 6.55. The molecule has 2 rings (SSSR count). The van der Waals surface area contributed by atoms with Crippen LogP contribution in [0, 0.1) is 0 Å². The van der Waals surface area contributed by atoms with E-state index in [2.05, 4.69) is 5.32 Å². The third-order valence-corrected chi connectivity index (χ3v) is 3.68. The Hall–Kier alpha value is -2.62. The zero-order valence-electron chi connectivity index (χ0n) is 14.1. The molecule has 1 unspecified atom stereocenters. The zero-order chi connectivity index (χ0) is 17.4. The number of nitrogens with one attached hydrogen (secondary N) is 1. The summed E-state index contributed by atoms with van der Waals surface area (Å²) in [4.78, 5) is 24.3. The van der Waals surface area contributed by atoms with Gasteiger partial charge in [-0.05, 0) is 37.0 Å². The Balaban J connectivity index is 2.08. The molecule has 0 radical (unpaired) electrons. The molecular formula is C20H23NO3. The summed E-state index contributed by atoms with van der Waals surface area (Å²) in [5, 5.41) is 2.73. The highest BCUT2D eigenvalue weighted by atomic mass is 16.5. The minimum Gasteiger partial charge on any atom is -0.449 e. The molecule has 1 amide bonds. The summed E-state index contributed by atoms with van der Waals surface area (Å²) in [5.74, 6) is -0.744. The van der Waals surface area contributed by atoms with Crippen LogP contribution >= 0.6 is 0 Å². The number of hydrogen-bond acceptors (Lipinski definition) is 3. The van der Waals surface area contributed by atoms with E-state index in [9.17, 15) is 9.59 Å². The second-order valence-electron chi connectivity index (χ2n) is 5.66. The third-order valence-electron chi connectivity index (χ3n) is 3.68. The van der Waals surface area contributed by atoms with Gasteiger partial charge in [-0.1, -0.05) is 55.5 Å². The number of hydrogen-bond donors (Lipinski definition) is 1. The number of rotatable bonds is 7. The fraction of sp³-hybridized carbons (Fsp3) is 0.300. The third kappa shape index (κ3) is 4.95. The molecule has 24 heavy (non-hydrogen) atoms. The van der Waals surface area contributed by atoms with Crippen molar-refractivity contribution in [2.45, 2.75) is 32.8 Å². The van der Waals surface area contributed by atoms with E-state index in [1.54, 1.807) is 19.1 Å². The molecule has 2 aromatic carbocycles. The fourth-order valence-electron chi connectivity index (χ4n) is 2.36. The van der Waals surface area contributed by atoms with Crippen LogP contribution in [-0.4, -0.2) is 24.5 Å². The SMILES string of the molecule is CCCNC(=O)C(C)OC(=O)c1ccccc1Cc1ccccc1. The van der Waals surface area contributed by atoms with Crippen molar-refractivity contribution in [2.75, 3.05) is 6.54 Å². The summed E-state index contributed by atoms with van der Waals surface area (Å²) in [7, 11) is 0. The Morgan fingerprint density at radius 1 is 1.04 bits per heavy atom. The molecule has 0 aromatic heterocycles. The lowest BCUT2D eigenvalue weighted by Crippen LogP contribution is -2.36. The lowest BCUT2D eigenvalue weighted by atomic mass is 10.00. The summed E-state index contributed by atoms with van der Waals surface area (Å²) < 4.78 is 5.32. The van der Waals surface area contributed by atoms with E-state index in [1.807, 2.05) is 49.4 Å². The molecule has 0 aliphatic carbocycles. The van der Waals surface area contributed by atoms with Gasteiger partial charge >= 0.3 is 5.97 Å². The van der Waals surface area contributed by atoms with Crippen molar-refractivity contribution in [1.29, 1.82) is 0 Å². The maximum Gasteiger partial charge on any atom is 0.339 e. The molecule has 4 heteroatoms. The first-order valence-corrected chi connectivity index (χ1v) is 8.22. The van der Waals surface area contributed by atoms with Crippen LogP contribution in [0.15, 0.2) is 54.6 Å². The molecule has 0 saturated heterocycles. The van der Waals surface area contributed by atoms with E-state index >= 15 is 0 Å². The van der Waals surface area contributed by atoms with Crippen molar-refractivity contribution in [1.82, 2.24) is 5.32 Å². The predicted octanol–water partition coefficient (Wildman–Crippen LogP) is 3.35. The number of benzene rings is 2. The van der Waals surface area contributed by atoms with Crippen molar-refractivity contribution < 1.29 is 14.3 Å². The first-order chi connectivity index (χ1) is 11.6. The minimum atomic E-state index is -0.811. The summed E-state index contributed by atoms with van der Waals surface area (Å²) in [6, 6.07) is 17.3. The van der Waals surface area contributed by atoms with Gasteiger partial charge in [0.2, 0.25) is 0 Å².